The van der Waals surface area contributed by atoms with E-state index >= 15 is 0 Å². The Morgan fingerprint density at radius 2 is 1.95 bits per heavy atom. The molecule has 2 rings (SSSR count). The molecule has 100 valence electrons. The van der Waals surface area contributed by atoms with E-state index in [-0.39, 0.29) is 6.04 Å². The highest BCUT2D eigenvalue weighted by molar-refractivity contribution is 9.10. The van der Waals surface area contributed by atoms with Crippen LogP contribution in [-0.2, 0) is 6.42 Å². The van der Waals surface area contributed by atoms with Crippen molar-refractivity contribution in [2.75, 3.05) is 7.05 Å². The van der Waals surface area contributed by atoms with E-state index in [0.29, 0.717) is 0 Å². The molecule has 0 heterocycles. The number of nitrogens with one attached hydrogen (secondary N) is 1. The molecular weight excluding hydrogens is 322 g/mol. The van der Waals surface area contributed by atoms with Crippen molar-refractivity contribution in [3.8, 4) is 0 Å². The average molecular weight is 339 g/mol. The third kappa shape index (κ3) is 3.59. The fourth-order valence-corrected chi connectivity index (χ4v) is 2.87. The van der Waals surface area contributed by atoms with Crippen molar-refractivity contribution in [2.45, 2.75) is 19.4 Å². The highest BCUT2D eigenvalue weighted by Gasteiger charge is 2.15. The van der Waals surface area contributed by atoms with E-state index in [1.807, 2.05) is 19.2 Å². The van der Waals surface area contributed by atoms with Gasteiger partial charge in [0.05, 0.1) is 5.02 Å². The Morgan fingerprint density at radius 1 is 1.21 bits per heavy atom. The van der Waals surface area contributed by atoms with E-state index in [2.05, 4.69) is 58.5 Å². The Kier molecular flexibility index (Phi) is 5.03. The zero-order valence-electron chi connectivity index (χ0n) is 11.1. The van der Waals surface area contributed by atoms with Crippen LogP contribution in [0.4, 0.5) is 0 Å². The van der Waals surface area contributed by atoms with Gasteiger partial charge < -0.3 is 5.32 Å². The Labute approximate surface area is 128 Å². The van der Waals surface area contributed by atoms with E-state index in [0.717, 1.165) is 21.5 Å². The summed E-state index contributed by atoms with van der Waals surface area (Å²) in [5.41, 5.74) is 3.73. The van der Waals surface area contributed by atoms with Crippen LogP contribution in [0.2, 0.25) is 5.02 Å². The van der Waals surface area contributed by atoms with Crippen molar-refractivity contribution in [1.82, 2.24) is 5.32 Å². The molecule has 2 aromatic rings. The number of halogens is 2. The van der Waals surface area contributed by atoms with Crippen LogP contribution in [0.5, 0.6) is 0 Å². The summed E-state index contributed by atoms with van der Waals surface area (Å²) in [5.74, 6) is 0. The SMILES string of the molecule is CNC(Cc1cccc(C)c1)c1cccc(Br)c1Cl. The maximum absolute atomic E-state index is 6.38. The Balaban J connectivity index is 2.28. The maximum atomic E-state index is 6.38. The van der Waals surface area contributed by atoms with Gasteiger partial charge in [0, 0.05) is 10.5 Å². The maximum Gasteiger partial charge on any atom is 0.0595 e. The highest BCUT2D eigenvalue weighted by atomic mass is 79.9. The molecule has 0 aromatic heterocycles. The first kappa shape index (κ1) is 14.6. The Hall–Kier alpha value is -0.830. The zero-order chi connectivity index (χ0) is 13.8. The lowest BCUT2D eigenvalue weighted by Crippen LogP contribution is -2.19. The van der Waals surface area contributed by atoms with Crippen molar-refractivity contribution in [2.24, 2.45) is 0 Å². The summed E-state index contributed by atoms with van der Waals surface area (Å²) in [6.45, 7) is 2.12. The number of hydrogen-bond donors (Lipinski definition) is 1. The lowest BCUT2D eigenvalue weighted by atomic mass is 9.98. The molecule has 1 unspecified atom stereocenters. The van der Waals surface area contributed by atoms with Crippen LogP contribution < -0.4 is 5.32 Å². The molecule has 0 fully saturated rings. The molecule has 0 aliphatic heterocycles. The van der Waals surface area contributed by atoms with Gasteiger partial charge >= 0.3 is 0 Å². The molecule has 0 aliphatic carbocycles. The minimum absolute atomic E-state index is 0.215. The average Bonchev–Trinajstić information content (AvgIpc) is 2.40. The predicted octanol–water partition coefficient (Wildman–Crippen LogP) is 4.91. The van der Waals surface area contributed by atoms with Crippen molar-refractivity contribution in [3.05, 3.63) is 68.7 Å². The number of rotatable bonds is 4. The molecular formula is C16H17BrClN. The largest absolute Gasteiger partial charge is 0.313 e. The van der Waals surface area contributed by atoms with Crippen LogP contribution in [0.3, 0.4) is 0 Å². The van der Waals surface area contributed by atoms with Crippen LogP contribution in [0, 0.1) is 6.92 Å². The van der Waals surface area contributed by atoms with Crippen LogP contribution in [0.1, 0.15) is 22.7 Å². The molecule has 1 atom stereocenters. The molecule has 0 spiro atoms. The highest BCUT2D eigenvalue weighted by Crippen LogP contribution is 2.31. The van der Waals surface area contributed by atoms with Gasteiger partial charge in [-0.25, -0.2) is 0 Å². The van der Waals surface area contributed by atoms with Gasteiger partial charge in [-0.1, -0.05) is 53.6 Å². The normalized spacial score (nSPS) is 12.4. The molecule has 3 heteroatoms. The van der Waals surface area contributed by atoms with Crippen LogP contribution in [-0.4, -0.2) is 7.05 Å². The molecule has 1 N–H and O–H groups in total. The first-order chi connectivity index (χ1) is 9.11. The summed E-state index contributed by atoms with van der Waals surface area (Å²) in [6.07, 6.45) is 0.925. The van der Waals surface area contributed by atoms with Crippen molar-refractivity contribution >= 4 is 27.5 Å². The molecule has 0 radical (unpaired) electrons. The van der Waals surface area contributed by atoms with E-state index < -0.39 is 0 Å². The summed E-state index contributed by atoms with van der Waals surface area (Å²) in [6, 6.07) is 14.9. The standard InChI is InChI=1S/C16H17BrClN/c1-11-5-3-6-12(9-11)10-15(19-2)13-7-4-8-14(17)16(13)18/h3-9,15,19H,10H2,1-2H3. The molecule has 2 aromatic carbocycles. The second-order valence-corrected chi connectivity index (χ2v) is 5.91. The molecule has 0 bridgehead atoms. The molecule has 0 saturated heterocycles. The monoisotopic (exact) mass is 337 g/mol. The Bertz CT molecular complexity index is 568. The van der Waals surface area contributed by atoms with Crippen molar-refractivity contribution in [1.29, 1.82) is 0 Å². The second-order valence-electron chi connectivity index (χ2n) is 4.68. The number of aryl methyl sites for hydroxylation is 1. The summed E-state index contributed by atoms with van der Waals surface area (Å²) >= 11 is 9.86. The van der Waals surface area contributed by atoms with Crippen molar-refractivity contribution in [3.63, 3.8) is 0 Å². The topological polar surface area (TPSA) is 12.0 Å². The van der Waals surface area contributed by atoms with E-state index in [1.54, 1.807) is 0 Å². The second kappa shape index (κ2) is 6.56. The lowest BCUT2D eigenvalue weighted by molar-refractivity contribution is 0.592. The van der Waals surface area contributed by atoms with Crippen LogP contribution >= 0.6 is 27.5 Å². The van der Waals surface area contributed by atoms with Gasteiger partial charge in [0.25, 0.3) is 0 Å². The van der Waals surface area contributed by atoms with Gasteiger partial charge in [-0.2, -0.15) is 0 Å². The van der Waals surface area contributed by atoms with E-state index in [4.69, 9.17) is 11.6 Å². The fourth-order valence-electron chi connectivity index (χ4n) is 2.23. The van der Waals surface area contributed by atoms with Gasteiger partial charge in [-0.05, 0) is 53.5 Å². The number of benzene rings is 2. The van der Waals surface area contributed by atoms with Gasteiger partial charge in [0.2, 0.25) is 0 Å². The molecule has 1 nitrogen and oxygen atoms in total. The van der Waals surface area contributed by atoms with E-state index in [1.165, 1.54) is 11.1 Å². The van der Waals surface area contributed by atoms with Gasteiger partial charge in [0.15, 0.2) is 0 Å². The molecule has 19 heavy (non-hydrogen) atoms. The first-order valence-corrected chi connectivity index (χ1v) is 7.45. The van der Waals surface area contributed by atoms with Gasteiger partial charge in [-0.15, -0.1) is 0 Å². The lowest BCUT2D eigenvalue weighted by Gasteiger charge is -2.19. The third-order valence-electron chi connectivity index (χ3n) is 3.23. The van der Waals surface area contributed by atoms with E-state index in [9.17, 15) is 0 Å². The van der Waals surface area contributed by atoms with Crippen LogP contribution in [0.15, 0.2) is 46.9 Å². The van der Waals surface area contributed by atoms with Crippen LogP contribution in [0.25, 0.3) is 0 Å². The molecule has 0 amide bonds. The fraction of sp³-hybridized carbons (Fsp3) is 0.250. The summed E-state index contributed by atoms with van der Waals surface area (Å²) in [5, 5.41) is 4.14. The number of hydrogen-bond acceptors (Lipinski definition) is 1. The van der Waals surface area contributed by atoms with Gasteiger partial charge in [0.1, 0.15) is 0 Å². The Morgan fingerprint density at radius 3 is 2.63 bits per heavy atom. The smallest absolute Gasteiger partial charge is 0.0595 e. The minimum Gasteiger partial charge on any atom is -0.313 e. The summed E-state index contributed by atoms with van der Waals surface area (Å²) in [7, 11) is 1.97. The molecule has 0 saturated carbocycles. The summed E-state index contributed by atoms with van der Waals surface area (Å²) < 4.78 is 0.941. The predicted molar refractivity (Wildman–Crippen MR) is 85.8 cm³/mol. The van der Waals surface area contributed by atoms with Crippen molar-refractivity contribution < 1.29 is 0 Å². The molecule has 0 aliphatic rings. The first-order valence-electron chi connectivity index (χ1n) is 6.28. The zero-order valence-corrected chi connectivity index (χ0v) is 13.4. The van der Waals surface area contributed by atoms with Gasteiger partial charge in [-0.3, -0.25) is 0 Å². The minimum atomic E-state index is 0.215. The third-order valence-corrected chi connectivity index (χ3v) is 4.54. The number of likely N-dealkylation sites (N-methyl/N-ethyl adjacent to an activating group) is 1. The summed E-state index contributed by atoms with van der Waals surface area (Å²) in [4.78, 5) is 0. The quantitative estimate of drug-likeness (QED) is 0.835.